The largest absolute Gasteiger partial charge is 0.491 e. The average molecular weight is 356 g/mol. The van der Waals surface area contributed by atoms with Crippen LogP contribution < -0.4 is 0 Å². The number of hydrogen-bond donors (Lipinski definition) is 0. The number of carbonyl (C=O) groups excluding carboxylic acids is 1. The Kier molecular flexibility index (Phi) is 5.84. The molecule has 0 unspecified atom stereocenters. The highest BCUT2D eigenvalue weighted by Crippen LogP contribution is 2.18. The summed E-state index contributed by atoms with van der Waals surface area (Å²) in [6.07, 6.45) is 4.04. The summed E-state index contributed by atoms with van der Waals surface area (Å²) in [6, 6.07) is 10.1. The number of hydrogen-bond acceptors (Lipinski definition) is 4. The zero-order valence-corrected chi connectivity index (χ0v) is 14.7. The van der Waals surface area contributed by atoms with Crippen molar-refractivity contribution in [3.8, 4) is 0 Å². The predicted octanol–water partition coefficient (Wildman–Crippen LogP) is 3.07. The predicted molar refractivity (Wildman–Crippen MR) is 94.4 cm³/mol. The molecule has 0 atom stereocenters. The molecule has 5 nitrogen and oxygen atoms in total. The third-order valence-corrected chi connectivity index (χ3v) is 4.13. The van der Waals surface area contributed by atoms with Crippen LogP contribution >= 0.6 is 0 Å². The van der Waals surface area contributed by atoms with Crippen LogP contribution in [0.25, 0.3) is 0 Å². The maximum Gasteiger partial charge on any atom is 0.292 e. The molecule has 0 radical (unpaired) electrons. The highest BCUT2D eigenvalue weighted by Gasteiger charge is 2.25. The number of benzene rings is 1. The van der Waals surface area contributed by atoms with Gasteiger partial charge >= 0.3 is 0 Å². The highest BCUT2D eigenvalue weighted by molar-refractivity contribution is 5.92. The SMILES string of the molecule is CC1=C(C(=O)N(CCc2ccc(F)cc2)Cc2cccnc2)OCCO1. The quantitative estimate of drug-likeness (QED) is 0.798. The Balaban J connectivity index is 1.76. The van der Waals surface area contributed by atoms with Crippen molar-refractivity contribution in [2.45, 2.75) is 19.9 Å². The van der Waals surface area contributed by atoms with Gasteiger partial charge in [-0.05, 0) is 42.7 Å². The van der Waals surface area contributed by atoms with E-state index in [0.29, 0.717) is 38.5 Å². The molecule has 0 spiro atoms. The lowest BCUT2D eigenvalue weighted by molar-refractivity contribution is -0.133. The summed E-state index contributed by atoms with van der Waals surface area (Å²) in [7, 11) is 0. The van der Waals surface area contributed by atoms with Crippen LogP contribution in [0.2, 0.25) is 0 Å². The van der Waals surface area contributed by atoms with Crippen molar-refractivity contribution in [1.82, 2.24) is 9.88 Å². The van der Waals surface area contributed by atoms with E-state index in [4.69, 9.17) is 9.47 Å². The Labute approximate surface area is 152 Å². The van der Waals surface area contributed by atoms with Crippen molar-refractivity contribution < 1.29 is 18.7 Å². The number of allylic oxidation sites excluding steroid dienone is 1. The summed E-state index contributed by atoms with van der Waals surface area (Å²) in [6.45, 7) is 3.42. The van der Waals surface area contributed by atoms with Crippen LogP contribution in [-0.2, 0) is 27.2 Å². The minimum atomic E-state index is -0.273. The van der Waals surface area contributed by atoms with Gasteiger partial charge in [0.25, 0.3) is 5.91 Å². The van der Waals surface area contributed by atoms with Crippen LogP contribution in [0.4, 0.5) is 4.39 Å². The summed E-state index contributed by atoms with van der Waals surface area (Å²) in [5, 5.41) is 0. The second kappa shape index (κ2) is 8.47. The second-order valence-corrected chi connectivity index (χ2v) is 6.05. The first-order valence-electron chi connectivity index (χ1n) is 8.52. The fraction of sp³-hybridized carbons (Fsp3) is 0.300. The minimum absolute atomic E-state index is 0.215. The van der Waals surface area contributed by atoms with Crippen LogP contribution in [-0.4, -0.2) is 35.5 Å². The molecule has 0 fully saturated rings. The van der Waals surface area contributed by atoms with E-state index in [1.54, 1.807) is 36.4 Å². The zero-order valence-electron chi connectivity index (χ0n) is 14.7. The lowest BCUT2D eigenvalue weighted by atomic mass is 10.1. The summed E-state index contributed by atoms with van der Waals surface area (Å²) in [4.78, 5) is 18.8. The molecule has 6 heteroatoms. The molecular weight excluding hydrogens is 335 g/mol. The van der Waals surface area contributed by atoms with Crippen molar-refractivity contribution >= 4 is 5.91 Å². The third-order valence-electron chi connectivity index (χ3n) is 4.13. The normalized spacial score (nSPS) is 13.8. The van der Waals surface area contributed by atoms with E-state index in [1.807, 2.05) is 12.1 Å². The number of aromatic nitrogens is 1. The lowest BCUT2D eigenvalue weighted by Crippen LogP contribution is -2.36. The van der Waals surface area contributed by atoms with E-state index in [1.165, 1.54) is 12.1 Å². The van der Waals surface area contributed by atoms with Crippen LogP contribution in [0.1, 0.15) is 18.1 Å². The molecular formula is C20H21FN2O3. The average Bonchev–Trinajstić information content (AvgIpc) is 2.67. The standard InChI is InChI=1S/C20H21FN2O3/c1-15-19(26-12-11-25-15)20(24)23(14-17-3-2-9-22-13-17)10-8-16-4-6-18(21)7-5-16/h2-7,9,13H,8,10-12,14H2,1H3. The Hall–Kier alpha value is -2.89. The Morgan fingerprint density at radius 3 is 2.62 bits per heavy atom. The molecule has 1 aliphatic rings. The summed E-state index contributed by atoms with van der Waals surface area (Å²) in [5.74, 6) is 0.261. The first-order chi connectivity index (χ1) is 12.6. The molecule has 1 aromatic heterocycles. The van der Waals surface area contributed by atoms with Crippen LogP contribution in [0.5, 0.6) is 0 Å². The van der Waals surface area contributed by atoms with E-state index in [-0.39, 0.29) is 17.5 Å². The third kappa shape index (κ3) is 4.59. The van der Waals surface area contributed by atoms with E-state index < -0.39 is 0 Å². The van der Waals surface area contributed by atoms with Gasteiger partial charge in [0.05, 0.1) is 0 Å². The fourth-order valence-corrected chi connectivity index (χ4v) is 2.74. The molecule has 1 aromatic carbocycles. The van der Waals surface area contributed by atoms with Crippen molar-refractivity contribution in [3.63, 3.8) is 0 Å². The Bertz CT molecular complexity index is 775. The van der Waals surface area contributed by atoms with Gasteiger partial charge in [-0.2, -0.15) is 0 Å². The summed E-state index contributed by atoms with van der Waals surface area (Å²) < 4.78 is 24.1. The van der Waals surface area contributed by atoms with Crippen LogP contribution in [0.3, 0.4) is 0 Å². The van der Waals surface area contributed by atoms with Gasteiger partial charge in [0.1, 0.15) is 24.8 Å². The Morgan fingerprint density at radius 1 is 1.15 bits per heavy atom. The van der Waals surface area contributed by atoms with Crippen LogP contribution in [0, 0.1) is 5.82 Å². The van der Waals surface area contributed by atoms with Crippen molar-refractivity contribution in [2.24, 2.45) is 0 Å². The molecule has 136 valence electrons. The van der Waals surface area contributed by atoms with Gasteiger partial charge in [-0.25, -0.2) is 4.39 Å². The van der Waals surface area contributed by atoms with Gasteiger partial charge in [0.2, 0.25) is 5.76 Å². The molecule has 3 rings (SSSR count). The van der Waals surface area contributed by atoms with E-state index in [0.717, 1.165) is 11.1 Å². The molecule has 2 heterocycles. The first kappa shape index (κ1) is 17.9. The van der Waals surface area contributed by atoms with Gasteiger partial charge in [0, 0.05) is 25.5 Å². The van der Waals surface area contributed by atoms with Crippen molar-refractivity contribution in [1.29, 1.82) is 0 Å². The van der Waals surface area contributed by atoms with Gasteiger partial charge in [-0.1, -0.05) is 18.2 Å². The molecule has 0 N–H and O–H groups in total. The summed E-state index contributed by atoms with van der Waals surface area (Å²) in [5.41, 5.74) is 1.89. The maximum absolute atomic E-state index is 13.1. The number of pyridine rings is 1. The number of rotatable bonds is 6. The molecule has 0 aliphatic carbocycles. The van der Waals surface area contributed by atoms with Crippen LogP contribution in [0.15, 0.2) is 60.3 Å². The monoisotopic (exact) mass is 356 g/mol. The number of nitrogens with zero attached hydrogens (tertiary/aromatic N) is 2. The number of ether oxygens (including phenoxy) is 2. The fourth-order valence-electron chi connectivity index (χ4n) is 2.74. The molecule has 0 saturated carbocycles. The number of carbonyl (C=O) groups is 1. The summed E-state index contributed by atoms with van der Waals surface area (Å²) >= 11 is 0. The van der Waals surface area contributed by atoms with E-state index in [2.05, 4.69) is 4.98 Å². The van der Waals surface area contributed by atoms with Crippen molar-refractivity contribution in [3.05, 3.63) is 77.3 Å². The Morgan fingerprint density at radius 2 is 1.92 bits per heavy atom. The molecule has 2 aromatic rings. The smallest absolute Gasteiger partial charge is 0.292 e. The van der Waals surface area contributed by atoms with E-state index in [9.17, 15) is 9.18 Å². The minimum Gasteiger partial charge on any atom is -0.491 e. The van der Waals surface area contributed by atoms with Gasteiger partial charge in [-0.3, -0.25) is 9.78 Å². The lowest BCUT2D eigenvalue weighted by Gasteiger charge is -2.27. The maximum atomic E-state index is 13.1. The molecule has 26 heavy (non-hydrogen) atoms. The second-order valence-electron chi connectivity index (χ2n) is 6.05. The van der Waals surface area contributed by atoms with Gasteiger partial charge in [-0.15, -0.1) is 0 Å². The zero-order chi connectivity index (χ0) is 18.4. The molecule has 1 aliphatic heterocycles. The number of amides is 1. The molecule has 1 amide bonds. The molecule has 0 bridgehead atoms. The van der Waals surface area contributed by atoms with Crippen molar-refractivity contribution in [2.75, 3.05) is 19.8 Å². The highest BCUT2D eigenvalue weighted by atomic mass is 19.1. The van der Waals surface area contributed by atoms with E-state index >= 15 is 0 Å². The number of halogens is 1. The van der Waals surface area contributed by atoms with Gasteiger partial charge in [0.15, 0.2) is 0 Å². The van der Waals surface area contributed by atoms with Gasteiger partial charge < -0.3 is 14.4 Å². The molecule has 0 saturated heterocycles. The first-order valence-corrected chi connectivity index (χ1v) is 8.52. The topological polar surface area (TPSA) is 51.7 Å².